The maximum absolute atomic E-state index is 12.2. The number of fused-ring (bicyclic) bond motifs is 1. The number of aromatic nitrogens is 3. The summed E-state index contributed by atoms with van der Waals surface area (Å²) < 4.78 is 6.84. The van der Waals surface area contributed by atoms with Crippen molar-refractivity contribution in [2.24, 2.45) is 0 Å². The van der Waals surface area contributed by atoms with Crippen molar-refractivity contribution in [3.8, 4) is 11.3 Å². The Morgan fingerprint density at radius 1 is 1.27 bits per heavy atom. The summed E-state index contributed by atoms with van der Waals surface area (Å²) in [4.78, 5) is 16.5. The van der Waals surface area contributed by atoms with Crippen LogP contribution in [-0.2, 0) is 4.74 Å². The predicted molar refractivity (Wildman–Crippen MR) is 86.2 cm³/mol. The van der Waals surface area contributed by atoms with Crippen molar-refractivity contribution < 1.29 is 9.53 Å². The van der Waals surface area contributed by atoms with Gasteiger partial charge in [-0.1, -0.05) is 30.3 Å². The molecule has 0 fully saturated rings. The van der Waals surface area contributed by atoms with Crippen LogP contribution in [0.5, 0.6) is 0 Å². The second kappa shape index (κ2) is 6.19. The quantitative estimate of drug-likeness (QED) is 0.546. The van der Waals surface area contributed by atoms with E-state index in [4.69, 9.17) is 4.74 Å². The van der Waals surface area contributed by atoms with E-state index in [0.29, 0.717) is 22.8 Å². The first-order valence-corrected chi connectivity index (χ1v) is 8.13. The highest BCUT2D eigenvalue weighted by Crippen LogP contribution is 2.27. The fourth-order valence-corrected chi connectivity index (χ4v) is 2.82. The van der Waals surface area contributed by atoms with Crippen molar-refractivity contribution in [1.82, 2.24) is 14.6 Å². The maximum Gasteiger partial charge on any atom is 0.344 e. The molecule has 1 aromatic carbocycles. The summed E-state index contributed by atoms with van der Waals surface area (Å²) in [6, 6.07) is 11.8. The smallest absolute Gasteiger partial charge is 0.344 e. The Morgan fingerprint density at radius 2 is 2.05 bits per heavy atom. The SMILES string of the molecule is CCOC(=O)c1c(SC)nn2c(-c3ccccc3)ccnc12. The summed E-state index contributed by atoms with van der Waals surface area (Å²) in [6.07, 6.45) is 3.57. The van der Waals surface area contributed by atoms with E-state index in [1.165, 1.54) is 11.8 Å². The van der Waals surface area contributed by atoms with E-state index in [1.54, 1.807) is 17.6 Å². The zero-order chi connectivity index (χ0) is 15.5. The van der Waals surface area contributed by atoms with Gasteiger partial charge in [0.2, 0.25) is 0 Å². The molecule has 3 rings (SSSR count). The Labute approximate surface area is 132 Å². The Bertz CT molecular complexity index is 815. The predicted octanol–water partition coefficient (Wildman–Crippen LogP) is 3.29. The van der Waals surface area contributed by atoms with E-state index in [1.807, 2.05) is 42.7 Å². The van der Waals surface area contributed by atoms with Crippen LogP contribution in [0.1, 0.15) is 17.3 Å². The second-order valence-corrected chi connectivity index (χ2v) is 5.33. The summed E-state index contributed by atoms with van der Waals surface area (Å²) in [6.45, 7) is 2.10. The number of rotatable bonds is 4. The van der Waals surface area contributed by atoms with Gasteiger partial charge in [0.1, 0.15) is 10.6 Å². The van der Waals surface area contributed by atoms with E-state index in [0.717, 1.165) is 11.3 Å². The Morgan fingerprint density at radius 3 is 2.73 bits per heavy atom. The van der Waals surface area contributed by atoms with Crippen molar-refractivity contribution in [1.29, 1.82) is 0 Å². The lowest BCUT2D eigenvalue weighted by Gasteiger charge is -2.04. The van der Waals surface area contributed by atoms with Crippen LogP contribution in [0.2, 0.25) is 0 Å². The topological polar surface area (TPSA) is 56.5 Å². The maximum atomic E-state index is 12.2. The molecule has 0 unspecified atom stereocenters. The Kier molecular flexibility index (Phi) is 4.11. The molecule has 2 heterocycles. The number of thioether (sulfide) groups is 1. The van der Waals surface area contributed by atoms with Crippen molar-refractivity contribution in [3.05, 3.63) is 48.2 Å². The van der Waals surface area contributed by atoms with E-state index in [9.17, 15) is 4.79 Å². The van der Waals surface area contributed by atoms with Crippen molar-refractivity contribution >= 4 is 23.4 Å². The number of hydrogen-bond donors (Lipinski definition) is 0. The summed E-state index contributed by atoms with van der Waals surface area (Å²) >= 11 is 1.41. The molecule has 0 aliphatic rings. The van der Waals surface area contributed by atoms with E-state index in [2.05, 4.69) is 10.1 Å². The number of carbonyl (C=O) groups excluding carboxylic acids is 1. The average Bonchev–Trinajstić information content (AvgIpc) is 2.94. The van der Waals surface area contributed by atoms with Crippen LogP contribution in [0.15, 0.2) is 47.6 Å². The first kappa shape index (κ1) is 14.6. The molecule has 0 bridgehead atoms. The minimum absolute atomic E-state index is 0.322. The summed E-state index contributed by atoms with van der Waals surface area (Å²) in [5, 5.41) is 5.15. The lowest BCUT2D eigenvalue weighted by Crippen LogP contribution is -2.06. The number of hydrogen-bond acceptors (Lipinski definition) is 5. The van der Waals surface area contributed by atoms with Gasteiger partial charge in [0, 0.05) is 11.8 Å². The van der Waals surface area contributed by atoms with Crippen molar-refractivity contribution in [3.63, 3.8) is 0 Å². The largest absolute Gasteiger partial charge is 0.462 e. The molecule has 5 nitrogen and oxygen atoms in total. The lowest BCUT2D eigenvalue weighted by atomic mass is 10.1. The van der Waals surface area contributed by atoms with Crippen molar-refractivity contribution in [2.75, 3.05) is 12.9 Å². The molecule has 0 amide bonds. The Hall–Kier alpha value is -2.34. The molecule has 0 aliphatic carbocycles. The number of carbonyl (C=O) groups is 1. The molecular formula is C16H15N3O2S. The van der Waals surface area contributed by atoms with E-state index in [-0.39, 0.29) is 5.97 Å². The highest BCUT2D eigenvalue weighted by atomic mass is 32.2. The molecule has 6 heteroatoms. The van der Waals surface area contributed by atoms with Crippen LogP contribution in [-0.4, -0.2) is 33.4 Å². The minimum Gasteiger partial charge on any atom is -0.462 e. The van der Waals surface area contributed by atoms with E-state index >= 15 is 0 Å². The fourth-order valence-electron chi connectivity index (χ4n) is 2.28. The molecule has 0 atom stereocenters. The molecule has 0 radical (unpaired) electrons. The zero-order valence-corrected chi connectivity index (χ0v) is 13.1. The molecule has 3 aromatic rings. The van der Waals surface area contributed by atoms with Crippen LogP contribution >= 0.6 is 11.8 Å². The number of esters is 1. The van der Waals surface area contributed by atoms with Gasteiger partial charge in [-0.2, -0.15) is 5.10 Å². The molecule has 0 saturated heterocycles. The standard InChI is InChI=1S/C16H15N3O2S/c1-3-21-16(20)13-14-17-10-9-12(11-7-5-4-6-8-11)19(14)18-15(13)22-2/h4-10H,3H2,1-2H3. The molecule has 112 valence electrons. The molecule has 2 aromatic heterocycles. The monoisotopic (exact) mass is 313 g/mol. The number of benzene rings is 1. The molecule has 22 heavy (non-hydrogen) atoms. The van der Waals surface area contributed by atoms with Crippen LogP contribution < -0.4 is 0 Å². The molecule has 0 saturated carbocycles. The van der Waals surface area contributed by atoms with Gasteiger partial charge in [-0.05, 0) is 19.2 Å². The third-order valence-corrected chi connectivity index (χ3v) is 3.90. The molecule has 0 N–H and O–H groups in total. The highest BCUT2D eigenvalue weighted by Gasteiger charge is 2.23. The van der Waals surface area contributed by atoms with E-state index < -0.39 is 0 Å². The summed E-state index contributed by atoms with van der Waals surface area (Å²) in [5.41, 5.74) is 2.84. The van der Waals surface area contributed by atoms with Crippen molar-refractivity contribution in [2.45, 2.75) is 11.9 Å². The average molecular weight is 313 g/mol. The molecular weight excluding hydrogens is 298 g/mol. The lowest BCUT2D eigenvalue weighted by molar-refractivity contribution is 0.0524. The third-order valence-electron chi connectivity index (χ3n) is 3.23. The van der Waals surface area contributed by atoms with Gasteiger partial charge in [-0.3, -0.25) is 0 Å². The highest BCUT2D eigenvalue weighted by molar-refractivity contribution is 7.98. The third kappa shape index (κ3) is 2.46. The van der Waals surface area contributed by atoms with Gasteiger partial charge in [-0.25, -0.2) is 14.3 Å². The van der Waals surface area contributed by atoms with Gasteiger partial charge in [-0.15, -0.1) is 11.8 Å². The number of nitrogens with zero attached hydrogens (tertiary/aromatic N) is 3. The minimum atomic E-state index is -0.389. The van der Waals surface area contributed by atoms with Crippen LogP contribution in [0.25, 0.3) is 16.9 Å². The van der Waals surface area contributed by atoms with Gasteiger partial charge in [0.15, 0.2) is 5.65 Å². The first-order valence-electron chi connectivity index (χ1n) is 6.90. The zero-order valence-electron chi connectivity index (χ0n) is 12.3. The van der Waals surface area contributed by atoms with Crippen LogP contribution in [0.4, 0.5) is 0 Å². The molecule has 0 aliphatic heterocycles. The van der Waals surface area contributed by atoms with Crippen LogP contribution in [0.3, 0.4) is 0 Å². The van der Waals surface area contributed by atoms with Gasteiger partial charge in [0.05, 0.1) is 12.3 Å². The van der Waals surface area contributed by atoms with Crippen LogP contribution in [0, 0.1) is 0 Å². The Balaban J connectivity index is 2.25. The molecule has 0 spiro atoms. The van der Waals surface area contributed by atoms with Gasteiger partial charge < -0.3 is 4.74 Å². The first-order chi connectivity index (χ1) is 10.8. The van der Waals surface area contributed by atoms with Gasteiger partial charge >= 0.3 is 5.97 Å². The fraction of sp³-hybridized carbons (Fsp3) is 0.188. The normalized spacial score (nSPS) is 10.8. The number of ether oxygens (including phenoxy) is 1. The summed E-state index contributed by atoms with van der Waals surface area (Å²) in [7, 11) is 0. The summed E-state index contributed by atoms with van der Waals surface area (Å²) in [5.74, 6) is -0.389. The second-order valence-electron chi connectivity index (χ2n) is 4.54. The van der Waals surface area contributed by atoms with Gasteiger partial charge in [0.25, 0.3) is 0 Å².